The Morgan fingerprint density at radius 3 is 2.61 bits per heavy atom. The van der Waals surface area contributed by atoms with Crippen molar-refractivity contribution in [3.8, 4) is 0 Å². The summed E-state index contributed by atoms with van der Waals surface area (Å²) in [7, 11) is 0. The number of halogens is 2. The van der Waals surface area contributed by atoms with Gasteiger partial charge in [-0.1, -0.05) is 39.7 Å². The van der Waals surface area contributed by atoms with Crippen molar-refractivity contribution in [1.29, 1.82) is 0 Å². The highest BCUT2D eigenvalue weighted by Crippen LogP contribution is 2.23. The fourth-order valence-electron chi connectivity index (χ4n) is 2.00. The second-order valence-electron chi connectivity index (χ2n) is 4.99. The van der Waals surface area contributed by atoms with E-state index in [-0.39, 0.29) is 0 Å². The molecule has 0 spiro atoms. The largest absolute Gasteiger partial charge is 0.340 e. The molecule has 3 rings (SSSR count). The molecule has 1 heterocycles. The third kappa shape index (κ3) is 4.21. The molecule has 0 unspecified atom stereocenters. The van der Waals surface area contributed by atoms with Gasteiger partial charge in [0.1, 0.15) is 5.82 Å². The van der Waals surface area contributed by atoms with Gasteiger partial charge in [0, 0.05) is 27.1 Å². The van der Waals surface area contributed by atoms with Crippen LogP contribution in [0.4, 0.5) is 23.1 Å². The molecule has 3 aromatic rings. The zero-order valence-electron chi connectivity index (χ0n) is 12.3. The number of nitrogens with zero attached hydrogens (tertiary/aromatic N) is 2. The molecule has 0 saturated carbocycles. The Labute approximate surface area is 148 Å². The van der Waals surface area contributed by atoms with Crippen LogP contribution in [-0.2, 0) is 0 Å². The van der Waals surface area contributed by atoms with Gasteiger partial charge in [-0.3, -0.25) is 0 Å². The summed E-state index contributed by atoms with van der Waals surface area (Å²) in [5, 5.41) is 7.10. The number of hydrogen-bond donors (Lipinski definition) is 2. The normalized spacial score (nSPS) is 10.4. The fraction of sp³-hybridized carbons (Fsp3) is 0.0588. The minimum atomic E-state index is 0.505. The number of anilines is 4. The van der Waals surface area contributed by atoms with Gasteiger partial charge in [0.15, 0.2) is 0 Å². The summed E-state index contributed by atoms with van der Waals surface area (Å²) in [6.07, 6.45) is 1.70. The Morgan fingerprint density at radius 1 is 1.00 bits per heavy atom. The van der Waals surface area contributed by atoms with Gasteiger partial charge >= 0.3 is 0 Å². The molecule has 0 amide bonds. The first kappa shape index (κ1) is 15.8. The molecular formula is C17H14BrClN4. The van der Waals surface area contributed by atoms with Gasteiger partial charge in [0.05, 0.1) is 0 Å². The van der Waals surface area contributed by atoms with E-state index in [1.54, 1.807) is 6.20 Å². The summed E-state index contributed by atoms with van der Waals surface area (Å²) in [5.41, 5.74) is 2.82. The fourth-order valence-corrected chi connectivity index (χ4v) is 2.58. The van der Waals surface area contributed by atoms with E-state index in [2.05, 4.69) is 36.5 Å². The number of aromatic nitrogens is 2. The minimum absolute atomic E-state index is 0.505. The number of benzene rings is 2. The van der Waals surface area contributed by atoms with E-state index in [1.807, 2.05) is 55.5 Å². The maximum Gasteiger partial charge on any atom is 0.229 e. The van der Waals surface area contributed by atoms with Crippen molar-refractivity contribution in [2.75, 3.05) is 10.6 Å². The van der Waals surface area contributed by atoms with Crippen molar-refractivity contribution in [1.82, 2.24) is 9.97 Å². The standard InChI is InChI=1S/C17H14BrClN4/c1-11-5-6-14(10-15(11)19)22-17-20-8-7-16(23-17)21-13-4-2-3-12(18)9-13/h2-10H,1H3,(H2,20,21,22,23). The first-order chi connectivity index (χ1) is 11.1. The van der Waals surface area contributed by atoms with Gasteiger partial charge < -0.3 is 10.6 Å². The molecule has 23 heavy (non-hydrogen) atoms. The molecule has 2 N–H and O–H groups in total. The Bertz CT molecular complexity index is 838. The number of nitrogens with one attached hydrogen (secondary N) is 2. The molecule has 0 radical (unpaired) electrons. The van der Waals surface area contributed by atoms with E-state index in [0.29, 0.717) is 16.8 Å². The minimum Gasteiger partial charge on any atom is -0.340 e. The van der Waals surface area contributed by atoms with Crippen LogP contribution in [-0.4, -0.2) is 9.97 Å². The maximum atomic E-state index is 6.14. The highest BCUT2D eigenvalue weighted by atomic mass is 79.9. The first-order valence-corrected chi connectivity index (χ1v) is 8.16. The van der Waals surface area contributed by atoms with Crippen molar-refractivity contribution in [3.63, 3.8) is 0 Å². The second-order valence-corrected chi connectivity index (χ2v) is 6.31. The van der Waals surface area contributed by atoms with E-state index in [4.69, 9.17) is 11.6 Å². The number of aryl methyl sites for hydroxylation is 1. The Balaban J connectivity index is 1.78. The second kappa shape index (κ2) is 6.98. The summed E-state index contributed by atoms with van der Waals surface area (Å²) in [5.74, 6) is 1.21. The summed E-state index contributed by atoms with van der Waals surface area (Å²) >= 11 is 9.59. The zero-order chi connectivity index (χ0) is 16.2. The molecular weight excluding hydrogens is 376 g/mol. The average Bonchev–Trinajstić information content (AvgIpc) is 2.51. The van der Waals surface area contributed by atoms with Crippen molar-refractivity contribution in [2.24, 2.45) is 0 Å². The summed E-state index contributed by atoms with van der Waals surface area (Å²) in [4.78, 5) is 8.68. The predicted molar refractivity (Wildman–Crippen MR) is 98.9 cm³/mol. The van der Waals surface area contributed by atoms with Crippen molar-refractivity contribution >= 4 is 50.7 Å². The summed E-state index contributed by atoms with van der Waals surface area (Å²) in [6, 6.07) is 15.4. The van der Waals surface area contributed by atoms with Crippen LogP contribution in [0.15, 0.2) is 59.2 Å². The molecule has 0 fully saturated rings. The monoisotopic (exact) mass is 388 g/mol. The predicted octanol–water partition coefficient (Wildman–Crippen LogP) is 5.69. The number of rotatable bonds is 4. The molecule has 0 aliphatic heterocycles. The molecule has 0 bridgehead atoms. The Hall–Kier alpha value is -2.11. The SMILES string of the molecule is Cc1ccc(Nc2nccc(Nc3cccc(Br)c3)n2)cc1Cl. The topological polar surface area (TPSA) is 49.8 Å². The summed E-state index contributed by atoms with van der Waals surface area (Å²) < 4.78 is 1.00. The van der Waals surface area contributed by atoms with Crippen LogP contribution >= 0.6 is 27.5 Å². The lowest BCUT2D eigenvalue weighted by atomic mass is 10.2. The van der Waals surface area contributed by atoms with E-state index >= 15 is 0 Å². The lowest BCUT2D eigenvalue weighted by molar-refractivity contribution is 1.16. The van der Waals surface area contributed by atoms with Crippen LogP contribution in [0.25, 0.3) is 0 Å². The molecule has 6 heteroatoms. The van der Waals surface area contributed by atoms with E-state index < -0.39 is 0 Å². The van der Waals surface area contributed by atoms with E-state index in [0.717, 1.165) is 21.4 Å². The van der Waals surface area contributed by atoms with Gasteiger partial charge in [-0.2, -0.15) is 4.98 Å². The molecule has 116 valence electrons. The van der Waals surface area contributed by atoms with Crippen LogP contribution in [0.1, 0.15) is 5.56 Å². The van der Waals surface area contributed by atoms with Gasteiger partial charge in [-0.05, 0) is 48.9 Å². The Morgan fingerprint density at radius 2 is 1.83 bits per heavy atom. The van der Waals surface area contributed by atoms with Crippen molar-refractivity contribution in [2.45, 2.75) is 6.92 Å². The Kier molecular flexibility index (Phi) is 4.79. The highest BCUT2D eigenvalue weighted by Gasteiger charge is 2.03. The lowest BCUT2D eigenvalue weighted by Gasteiger charge is -2.09. The molecule has 1 aromatic heterocycles. The van der Waals surface area contributed by atoms with Crippen LogP contribution in [0.5, 0.6) is 0 Å². The van der Waals surface area contributed by atoms with Gasteiger partial charge in [0.25, 0.3) is 0 Å². The van der Waals surface area contributed by atoms with Gasteiger partial charge in [-0.25, -0.2) is 4.98 Å². The summed E-state index contributed by atoms with van der Waals surface area (Å²) in [6.45, 7) is 1.96. The quantitative estimate of drug-likeness (QED) is 0.602. The molecule has 0 atom stereocenters. The maximum absolute atomic E-state index is 6.14. The molecule has 0 aliphatic carbocycles. The molecule has 4 nitrogen and oxygen atoms in total. The molecule has 0 saturated heterocycles. The van der Waals surface area contributed by atoms with Crippen molar-refractivity contribution < 1.29 is 0 Å². The van der Waals surface area contributed by atoms with Crippen LogP contribution in [0, 0.1) is 6.92 Å². The number of hydrogen-bond acceptors (Lipinski definition) is 4. The van der Waals surface area contributed by atoms with Crippen molar-refractivity contribution in [3.05, 3.63) is 69.8 Å². The average molecular weight is 390 g/mol. The lowest BCUT2D eigenvalue weighted by Crippen LogP contribution is -2.00. The first-order valence-electron chi connectivity index (χ1n) is 6.99. The van der Waals surface area contributed by atoms with Gasteiger partial charge in [-0.15, -0.1) is 0 Å². The third-order valence-corrected chi connectivity index (χ3v) is 4.08. The highest BCUT2D eigenvalue weighted by molar-refractivity contribution is 9.10. The third-order valence-electron chi connectivity index (χ3n) is 3.18. The van der Waals surface area contributed by atoms with Gasteiger partial charge in [0.2, 0.25) is 5.95 Å². The van der Waals surface area contributed by atoms with E-state index in [1.165, 1.54) is 0 Å². The van der Waals surface area contributed by atoms with E-state index in [9.17, 15) is 0 Å². The smallest absolute Gasteiger partial charge is 0.229 e. The van der Waals surface area contributed by atoms with Crippen LogP contribution in [0.2, 0.25) is 5.02 Å². The van der Waals surface area contributed by atoms with Crippen LogP contribution < -0.4 is 10.6 Å². The molecule has 2 aromatic carbocycles. The zero-order valence-corrected chi connectivity index (χ0v) is 14.7. The molecule has 0 aliphatic rings. The van der Waals surface area contributed by atoms with Crippen LogP contribution in [0.3, 0.4) is 0 Å².